The van der Waals surface area contributed by atoms with Gasteiger partial charge in [0.25, 0.3) is 0 Å². The topological polar surface area (TPSA) is 38.1 Å². The van der Waals surface area contributed by atoms with E-state index in [1.54, 1.807) is 0 Å². The average Bonchev–Trinajstić information content (AvgIpc) is 2.92. The van der Waals surface area contributed by atoms with Crippen LogP contribution in [-0.4, -0.2) is 14.7 Å². The van der Waals surface area contributed by atoms with E-state index in [-0.39, 0.29) is 0 Å². The number of fused-ring (bicyclic) bond motifs is 4. The smallest absolute Gasteiger partial charge is 0.159 e. The summed E-state index contributed by atoms with van der Waals surface area (Å²) in [4.78, 5) is 4.73. The fourth-order valence-electron chi connectivity index (χ4n) is 3.39. The molecule has 0 saturated carbocycles. The molecule has 3 heteroatoms. The van der Waals surface area contributed by atoms with Crippen molar-refractivity contribution in [2.75, 3.05) is 0 Å². The van der Waals surface area contributed by atoms with E-state index < -0.39 is 6.23 Å². The largest absolute Gasteiger partial charge is 0.369 e. The summed E-state index contributed by atoms with van der Waals surface area (Å²) in [6.07, 6.45) is -0.689. The minimum Gasteiger partial charge on any atom is -0.369 e. The Morgan fingerprint density at radius 1 is 0.905 bits per heavy atom. The lowest BCUT2D eigenvalue weighted by atomic mass is 9.95. The zero-order chi connectivity index (χ0) is 14.0. The van der Waals surface area contributed by atoms with Gasteiger partial charge in [-0.2, -0.15) is 0 Å². The van der Waals surface area contributed by atoms with Crippen molar-refractivity contribution in [2.24, 2.45) is 0 Å². The maximum absolute atomic E-state index is 10.8. The zero-order valence-electron chi connectivity index (χ0n) is 11.2. The number of nitrogens with zero attached hydrogens (tertiary/aromatic N) is 2. The number of aliphatic hydroxyl groups is 1. The maximum Gasteiger partial charge on any atom is 0.159 e. The third-order valence-corrected chi connectivity index (χ3v) is 4.30. The molecule has 4 aromatic rings. The summed E-state index contributed by atoms with van der Waals surface area (Å²) in [5.41, 5.74) is 3.91. The van der Waals surface area contributed by atoms with Gasteiger partial charge in [0, 0.05) is 16.5 Å². The molecule has 1 atom stereocenters. The quantitative estimate of drug-likeness (QED) is 0.530. The molecule has 0 fully saturated rings. The number of para-hydroxylation sites is 2. The standard InChI is InChI=1S/C18H12N2O/c21-18-13-8-4-6-11-5-3-7-12(16(11)13)17-19-14-9-1-2-10-15(14)20(17)18/h1-10,18,21H/t18-/m0/s1. The van der Waals surface area contributed by atoms with Crippen molar-refractivity contribution in [3.8, 4) is 11.4 Å². The molecule has 1 N–H and O–H groups in total. The van der Waals surface area contributed by atoms with Crippen LogP contribution in [0.15, 0.2) is 60.7 Å². The number of hydrogen-bond donors (Lipinski definition) is 1. The van der Waals surface area contributed by atoms with E-state index in [1.165, 1.54) is 0 Å². The van der Waals surface area contributed by atoms with Crippen molar-refractivity contribution in [1.29, 1.82) is 0 Å². The Labute approximate surface area is 121 Å². The SMILES string of the molecule is O[C@H]1c2cccc3cccc(c23)-c2nc3ccccc3n21. The number of aromatic nitrogens is 2. The van der Waals surface area contributed by atoms with Crippen molar-refractivity contribution < 1.29 is 5.11 Å². The summed E-state index contributed by atoms with van der Waals surface area (Å²) >= 11 is 0. The Morgan fingerprint density at radius 3 is 2.62 bits per heavy atom. The highest BCUT2D eigenvalue weighted by molar-refractivity contribution is 6.01. The van der Waals surface area contributed by atoms with Crippen LogP contribution in [0.25, 0.3) is 33.2 Å². The summed E-state index contributed by atoms with van der Waals surface area (Å²) in [6, 6.07) is 20.2. The van der Waals surface area contributed by atoms with Crippen LogP contribution in [0.2, 0.25) is 0 Å². The second-order valence-corrected chi connectivity index (χ2v) is 5.42. The molecule has 3 aromatic carbocycles. The molecule has 21 heavy (non-hydrogen) atoms. The predicted molar refractivity (Wildman–Crippen MR) is 83.0 cm³/mol. The third kappa shape index (κ3) is 1.29. The number of benzene rings is 3. The normalized spacial score (nSPS) is 16.3. The highest BCUT2D eigenvalue weighted by atomic mass is 16.3. The van der Waals surface area contributed by atoms with Gasteiger partial charge < -0.3 is 5.11 Å². The molecule has 0 bridgehead atoms. The van der Waals surface area contributed by atoms with Crippen LogP contribution in [-0.2, 0) is 0 Å². The van der Waals surface area contributed by atoms with Gasteiger partial charge in [-0.25, -0.2) is 4.98 Å². The number of rotatable bonds is 0. The van der Waals surface area contributed by atoms with Crippen LogP contribution in [0.5, 0.6) is 0 Å². The van der Waals surface area contributed by atoms with E-state index in [0.29, 0.717) is 0 Å². The first-order valence-electron chi connectivity index (χ1n) is 7.01. The minimum absolute atomic E-state index is 0.689. The summed E-state index contributed by atoms with van der Waals surface area (Å²) in [7, 11) is 0. The van der Waals surface area contributed by atoms with E-state index in [4.69, 9.17) is 4.98 Å². The Balaban J connectivity index is 2.03. The van der Waals surface area contributed by atoms with Crippen molar-refractivity contribution in [3.63, 3.8) is 0 Å². The summed E-state index contributed by atoms with van der Waals surface area (Å²) in [6.45, 7) is 0. The molecule has 100 valence electrons. The first-order valence-corrected chi connectivity index (χ1v) is 7.01. The monoisotopic (exact) mass is 272 g/mol. The average molecular weight is 272 g/mol. The van der Waals surface area contributed by atoms with Crippen LogP contribution >= 0.6 is 0 Å². The highest BCUT2D eigenvalue weighted by Crippen LogP contribution is 2.41. The van der Waals surface area contributed by atoms with E-state index in [2.05, 4.69) is 18.2 Å². The maximum atomic E-state index is 10.8. The minimum atomic E-state index is -0.689. The number of imidazole rings is 1. The molecular weight excluding hydrogens is 260 g/mol. The van der Waals surface area contributed by atoms with Crippen molar-refractivity contribution in [3.05, 3.63) is 66.2 Å². The van der Waals surface area contributed by atoms with Gasteiger partial charge in [-0.15, -0.1) is 0 Å². The Hall–Kier alpha value is -2.65. The molecule has 0 spiro atoms. The fraction of sp³-hybridized carbons (Fsp3) is 0.0556. The summed E-state index contributed by atoms with van der Waals surface area (Å²) in [5, 5.41) is 13.1. The van der Waals surface area contributed by atoms with Crippen LogP contribution in [0, 0.1) is 0 Å². The second kappa shape index (κ2) is 3.71. The number of aliphatic hydroxyl groups excluding tert-OH is 1. The molecule has 1 aromatic heterocycles. The summed E-state index contributed by atoms with van der Waals surface area (Å²) < 4.78 is 1.92. The van der Waals surface area contributed by atoms with Gasteiger partial charge in [0.15, 0.2) is 6.23 Å². The fourth-order valence-corrected chi connectivity index (χ4v) is 3.39. The molecular formula is C18H12N2O. The van der Waals surface area contributed by atoms with E-state index in [9.17, 15) is 5.11 Å². The molecule has 0 radical (unpaired) electrons. The zero-order valence-corrected chi connectivity index (χ0v) is 11.2. The van der Waals surface area contributed by atoms with Crippen molar-refractivity contribution >= 4 is 21.8 Å². The molecule has 3 nitrogen and oxygen atoms in total. The highest BCUT2D eigenvalue weighted by Gasteiger charge is 2.27. The molecule has 0 saturated heterocycles. The van der Waals surface area contributed by atoms with Gasteiger partial charge in [-0.1, -0.05) is 48.5 Å². The molecule has 2 heterocycles. The molecule has 1 aliphatic rings. The lowest BCUT2D eigenvalue weighted by Crippen LogP contribution is -2.15. The van der Waals surface area contributed by atoms with E-state index in [0.717, 1.165) is 38.8 Å². The van der Waals surface area contributed by atoms with Gasteiger partial charge >= 0.3 is 0 Å². The molecule has 5 rings (SSSR count). The van der Waals surface area contributed by atoms with Gasteiger partial charge in [0.05, 0.1) is 11.0 Å². The van der Waals surface area contributed by atoms with E-state index in [1.807, 2.05) is 47.0 Å². The summed E-state index contributed by atoms with van der Waals surface area (Å²) in [5.74, 6) is 0.841. The molecule has 0 unspecified atom stereocenters. The van der Waals surface area contributed by atoms with Crippen LogP contribution < -0.4 is 0 Å². The lowest BCUT2D eigenvalue weighted by molar-refractivity contribution is 0.152. The van der Waals surface area contributed by atoms with Crippen molar-refractivity contribution in [1.82, 2.24) is 9.55 Å². The van der Waals surface area contributed by atoms with E-state index >= 15 is 0 Å². The third-order valence-electron chi connectivity index (χ3n) is 4.30. The lowest BCUT2D eigenvalue weighted by Gasteiger charge is -2.25. The Morgan fingerprint density at radius 2 is 1.71 bits per heavy atom. The molecule has 0 aliphatic carbocycles. The van der Waals surface area contributed by atoms with Gasteiger partial charge in [-0.05, 0) is 17.5 Å². The molecule has 0 amide bonds. The van der Waals surface area contributed by atoms with Gasteiger partial charge in [0.1, 0.15) is 5.82 Å². The van der Waals surface area contributed by atoms with Gasteiger partial charge in [-0.3, -0.25) is 4.57 Å². The van der Waals surface area contributed by atoms with Gasteiger partial charge in [0.2, 0.25) is 0 Å². The predicted octanol–water partition coefficient (Wildman–Crippen LogP) is 3.71. The Kier molecular flexibility index (Phi) is 1.95. The number of hydrogen-bond acceptors (Lipinski definition) is 2. The van der Waals surface area contributed by atoms with Crippen LogP contribution in [0.1, 0.15) is 11.8 Å². The van der Waals surface area contributed by atoms with Crippen LogP contribution in [0.4, 0.5) is 0 Å². The second-order valence-electron chi connectivity index (χ2n) is 5.42. The first kappa shape index (κ1) is 11.1. The van der Waals surface area contributed by atoms with Crippen molar-refractivity contribution in [2.45, 2.75) is 6.23 Å². The van der Waals surface area contributed by atoms with Crippen LogP contribution in [0.3, 0.4) is 0 Å². The first-order chi connectivity index (χ1) is 10.3. The molecule has 1 aliphatic heterocycles. The Bertz CT molecular complexity index is 1010.